The van der Waals surface area contributed by atoms with Crippen LogP contribution in [0.15, 0.2) is 48.6 Å². The number of hydrogen-bond acceptors (Lipinski definition) is 14. The number of benzene rings is 2. The molecule has 0 saturated heterocycles. The maximum atomic E-state index is 13.3. The van der Waals surface area contributed by atoms with Crippen LogP contribution < -0.4 is 9.47 Å². The molecule has 0 saturated carbocycles. The normalized spacial score (nSPS) is 20.4. The van der Waals surface area contributed by atoms with Gasteiger partial charge in [-0.3, -0.25) is 29.8 Å². The molecule has 2 aromatic carbocycles. The average Bonchev–Trinajstić information content (AvgIpc) is 3.21. The van der Waals surface area contributed by atoms with E-state index in [4.69, 9.17) is 18.9 Å². The highest BCUT2D eigenvalue weighted by molar-refractivity contribution is 5.99. The van der Waals surface area contributed by atoms with E-state index in [1.807, 2.05) is 0 Å². The van der Waals surface area contributed by atoms with Gasteiger partial charge < -0.3 is 38.5 Å². The van der Waals surface area contributed by atoms with E-state index in [0.29, 0.717) is 13.1 Å². The molecule has 2 heterocycles. The van der Waals surface area contributed by atoms with Gasteiger partial charge in [-0.05, 0) is 40.3 Å². The lowest BCUT2D eigenvalue weighted by Gasteiger charge is -2.35. The maximum absolute atomic E-state index is 13.3. The quantitative estimate of drug-likeness (QED) is 0.135. The molecule has 268 valence electrons. The molecule has 2 amide bonds. The first kappa shape index (κ1) is 37.2. The van der Waals surface area contributed by atoms with E-state index in [1.165, 1.54) is 36.0 Å². The lowest BCUT2D eigenvalue weighted by atomic mass is 10.1. The number of ether oxygens (including phenoxy) is 4. The first-order valence-electron chi connectivity index (χ1n) is 15.3. The molecule has 18 nitrogen and oxygen atoms in total. The van der Waals surface area contributed by atoms with Crippen molar-refractivity contribution < 1.29 is 48.0 Å². The fourth-order valence-electron chi connectivity index (χ4n) is 5.35. The molecule has 2 aromatic rings. The number of esters is 2. The van der Waals surface area contributed by atoms with Crippen LogP contribution in [0.5, 0.6) is 11.5 Å². The number of nitro groups is 2. The van der Waals surface area contributed by atoms with Crippen LogP contribution in [-0.2, 0) is 19.1 Å². The van der Waals surface area contributed by atoms with Crippen LogP contribution in [0.2, 0.25) is 0 Å². The molecule has 4 rings (SSSR count). The van der Waals surface area contributed by atoms with Crippen molar-refractivity contribution in [3.8, 4) is 11.5 Å². The van der Waals surface area contributed by atoms with E-state index in [9.17, 15) is 39.4 Å². The topological polar surface area (TPSA) is 204 Å². The molecular formula is C32H38N6O12. The second-order valence-electron chi connectivity index (χ2n) is 12.5. The van der Waals surface area contributed by atoms with Crippen molar-refractivity contribution in [1.82, 2.24) is 19.6 Å². The van der Waals surface area contributed by atoms with Crippen molar-refractivity contribution in [3.63, 3.8) is 0 Å². The second-order valence-corrected chi connectivity index (χ2v) is 12.5. The van der Waals surface area contributed by atoms with Gasteiger partial charge in [-0.25, -0.2) is 9.59 Å². The van der Waals surface area contributed by atoms with E-state index < -0.39 is 45.2 Å². The van der Waals surface area contributed by atoms with Gasteiger partial charge in [0.05, 0.1) is 34.1 Å². The number of hydrogen-bond donors (Lipinski definition) is 0. The third-order valence-electron chi connectivity index (χ3n) is 7.86. The maximum Gasteiger partial charge on any atom is 0.334 e. The predicted octanol–water partition coefficient (Wildman–Crippen LogP) is 2.07. The van der Waals surface area contributed by atoms with Crippen molar-refractivity contribution >= 4 is 35.1 Å². The molecule has 0 aliphatic carbocycles. The number of nitrogens with zero attached hydrogens (tertiary/aromatic N) is 6. The summed E-state index contributed by atoms with van der Waals surface area (Å²) in [5, 5.41) is 22.7. The number of carbonyl (C=O) groups excluding carboxylic acids is 4. The van der Waals surface area contributed by atoms with Crippen molar-refractivity contribution in [2.75, 3.05) is 68.5 Å². The van der Waals surface area contributed by atoms with Crippen molar-refractivity contribution in [2.45, 2.75) is 24.4 Å². The van der Waals surface area contributed by atoms with Crippen LogP contribution in [-0.4, -0.2) is 133 Å². The summed E-state index contributed by atoms with van der Waals surface area (Å²) in [7, 11) is 9.98. The first-order chi connectivity index (χ1) is 23.4. The van der Waals surface area contributed by atoms with Gasteiger partial charge in [-0.2, -0.15) is 0 Å². The summed E-state index contributed by atoms with van der Waals surface area (Å²) in [6, 6.07) is 7.01. The predicted molar refractivity (Wildman–Crippen MR) is 174 cm³/mol. The molecule has 0 radical (unpaired) electrons. The number of nitro benzene ring substituents is 2. The van der Waals surface area contributed by atoms with Crippen LogP contribution in [0.1, 0.15) is 33.6 Å². The van der Waals surface area contributed by atoms with Crippen LogP contribution in [0.25, 0.3) is 0 Å². The summed E-state index contributed by atoms with van der Waals surface area (Å²) >= 11 is 0. The largest absolute Gasteiger partial charge is 0.449 e. The van der Waals surface area contributed by atoms with Gasteiger partial charge in [0.1, 0.15) is 11.5 Å². The van der Waals surface area contributed by atoms with Crippen molar-refractivity contribution in [3.05, 3.63) is 79.9 Å². The molecule has 2 unspecified atom stereocenters. The van der Waals surface area contributed by atoms with E-state index in [2.05, 4.69) is 0 Å². The van der Waals surface area contributed by atoms with Gasteiger partial charge in [-0.15, -0.1) is 0 Å². The minimum absolute atomic E-state index is 0.0301. The lowest BCUT2D eigenvalue weighted by Crippen LogP contribution is -2.51. The molecule has 0 fully saturated rings. The van der Waals surface area contributed by atoms with Crippen LogP contribution >= 0.6 is 0 Å². The van der Waals surface area contributed by atoms with Crippen molar-refractivity contribution in [2.24, 2.45) is 0 Å². The molecule has 2 atom stereocenters. The first-order valence-corrected chi connectivity index (χ1v) is 15.3. The van der Waals surface area contributed by atoms with Crippen molar-refractivity contribution in [1.29, 1.82) is 0 Å². The molecule has 0 aromatic heterocycles. The van der Waals surface area contributed by atoms with Crippen LogP contribution in [0.4, 0.5) is 11.4 Å². The van der Waals surface area contributed by atoms with Gasteiger partial charge >= 0.3 is 11.9 Å². The summed E-state index contributed by atoms with van der Waals surface area (Å²) < 4.78 is 23.8. The third kappa shape index (κ3) is 8.69. The number of likely N-dealkylation sites (N-methyl/N-ethyl adjacent to an activating group) is 2. The average molecular weight is 699 g/mol. The number of non-ortho nitro benzene ring substituents is 2. The van der Waals surface area contributed by atoms with E-state index in [1.54, 1.807) is 38.0 Å². The molecule has 0 bridgehead atoms. The van der Waals surface area contributed by atoms with Gasteiger partial charge in [0.15, 0.2) is 0 Å². The molecule has 0 spiro atoms. The standard InChI is InChI=1S/C32H38N6O12/c1-33(2)15-13-31(19-35(5)29(41)23-17-21(37(43)44)7-9-25(23)47-31)49-27(39)11-12-28(40)50-32(14-16-34(3)4)20-36(6)30(42)24-18-22(38(45)46)8-10-26(24)48-32/h7-12,17-18H,13-16,19-20H2,1-6H3/b12-11+. The molecule has 2 aliphatic heterocycles. The monoisotopic (exact) mass is 698 g/mol. The second kappa shape index (κ2) is 14.9. The highest BCUT2D eigenvalue weighted by Crippen LogP contribution is 2.36. The highest BCUT2D eigenvalue weighted by atomic mass is 16.7. The van der Waals surface area contributed by atoms with E-state index >= 15 is 0 Å². The Balaban J connectivity index is 1.60. The third-order valence-corrected chi connectivity index (χ3v) is 7.86. The van der Waals surface area contributed by atoms with Gasteiger partial charge in [-0.1, -0.05) is 0 Å². The molecular weight excluding hydrogens is 660 g/mol. The van der Waals surface area contributed by atoms with Crippen LogP contribution in [0.3, 0.4) is 0 Å². The summed E-state index contributed by atoms with van der Waals surface area (Å²) in [5.41, 5.74) is -0.825. The molecule has 50 heavy (non-hydrogen) atoms. The van der Waals surface area contributed by atoms with Gasteiger partial charge in [0.25, 0.3) is 34.8 Å². The minimum atomic E-state index is -1.76. The zero-order chi connectivity index (χ0) is 37.0. The Kier molecular flexibility index (Phi) is 11.1. The highest BCUT2D eigenvalue weighted by Gasteiger charge is 2.45. The zero-order valence-corrected chi connectivity index (χ0v) is 28.4. The molecule has 0 N–H and O–H groups in total. The number of amides is 2. The minimum Gasteiger partial charge on any atom is -0.449 e. The molecule has 18 heteroatoms. The molecule has 2 aliphatic rings. The van der Waals surface area contributed by atoms with Gasteiger partial charge in [0, 0.05) is 76.4 Å². The summed E-state index contributed by atoms with van der Waals surface area (Å²) in [4.78, 5) is 80.3. The Morgan fingerprint density at radius 3 is 1.44 bits per heavy atom. The Hall–Kier alpha value is -5.62. The Bertz CT molecular complexity index is 1610. The number of rotatable bonds is 12. The Morgan fingerprint density at radius 2 is 1.12 bits per heavy atom. The lowest BCUT2D eigenvalue weighted by molar-refractivity contribution is -0.385. The van der Waals surface area contributed by atoms with E-state index in [-0.39, 0.29) is 59.9 Å². The Morgan fingerprint density at radius 1 is 0.760 bits per heavy atom. The SMILES string of the molecule is CN(C)CCC1(OC(=O)/C=C/C(=O)OC2(CCN(C)C)CN(C)C(=O)c3cc([N+](=O)[O-])ccc3O2)CN(C)C(=O)c2cc([N+](=O)[O-])ccc2O1. The van der Waals surface area contributed by atoms with E-state index in [0.717, 1.165) is 36.4 Å². The fraction of sp³-hybridized carbons (Fsp3) is 0.438. The summed E-state index contributed by atoms with van der Waals surface area (Å²) in [6.07, 6.45) is 1.76. The fourth-order valence-corrected chi connectivity index (χ4v) is 5.35. The zero-order valence-electron chi connectivity index (χ0n) is 28.4. The smallest absolute Gasteiger partial charge is 0.334 e. The summed E-state index contributed by atoms with van der Waals surface area (Å²) in [5.74, 6) is -6.80. The van der Waals surface area contributed by atoms with Crippen LogP contribution in [0, 0.1) is 20.2 Å². The number of carbonyl (C=O) groups is 4. The Labute approximate surface area is 287 Å². The number of fused-ring (bicyclic) bond motifs is 2. The summed E-state index contributed by atoms with van der Waals surface area (Å²) in [6.45, 7) is 0.190. The van der Waals surface area contributed by atoms with Gasteiger partial charge in [0.2, 0.25) is 0 Å².